The predicted octanol–water partition coefficient (Wildman–Crippen LogP) is 4.59. The van der Waals surface area contributed by atoms with E-state index in [-0.39, 0.29) is 5.91 Å². The molecule has 0 saturated heterocycles. The molecular formula is C14H14Br2N2O. The van der Waals surface area contributed by atoms with Crippen LogP contribution in [0.25, 0.3) is 0 Å². The number of amides is 1. The second-order valence-electron chi connectivity index (χ2n) is 4.25. The number of aromatic nitrogens is 1. The zero-order valence-electron chi connectivity index (χ0n) is 10.7. The van der Waals surface area contributed by atoms with Crippen LogP contribution in [0.2, 0.25) is 0 Å². The molecule has 2 aromatic rings. The van der Waals surface area contributed by atoms with Crippen molar-refractivity contribution in [2.75, 3.05) is 5.32 Å². The first-order chi connectivity index (χ1) is 9.01. The van der Waals surface area contributed by atoms with E-state index in [0.29, 0.717) is 5.69 Å². The molecule has 2 rings (SSSR count). The number of halogens is 2. The minimum absolute atomic E-state index is 0.108. The zero-order valence-corrected chi connectivity index (χ0v) is 13.9. The lowest BCUT2D eigenvalue weighted by Crippen LogP contribution is -2.16. The van der Waals surface area contributed by atoms with Gasteiger partial charge in [-0.2, -0.15) is 0 Å². The summed E-state index contributed by atoms with van der Waals surface area (Å²) in [5.41, 5.74) is 2.56. The van der Waals surface area contributed by atoms with Gasteiger partial charge in [-0.25, -0.2) is 0 Å². The van der Waals surface area contributed by atoms with Gasteiger partial charge in [-0.1, -0.05) is 22.0 Å². The minimum Gasteiger partial charge on any atom is -0.343 e. The minimum atomic E-state index is -0.108. The van der Waals surface area contributed by atoms with Crippen LogP contribution in [0.5, 0.6) is 0 Å². The maximum absolute atomic E-state index is 12.2. The number of anilines is 1. The van der Waals surface area contributed by atoms with E-state index in [2.05, 4.69) is 37.2 Å². The first kappa shape index (κ1) is 14.3. The van der Waals surface area contributed by atoms with Gasteiger partial charge in [0, 0.05) is 27.4 Å². The lowest BCUT2D eigenvalue weighted by Gasteiger charge is -2.08. The first-order valence-electron chi connectivity index (χ1n) is 5.94. The van der Waals surface area contributed by atoms with Gasteiger partial charge in [0.15, 0.2) is 0 Å². The first-order valence-corrected chi connectivity index (χ1v) is 7.53. The lowest BCUT2D eigenvalue weighted by atomic mass is 10.2. The van der Waals surface area contributed by atoms with Crippen molar-refractivity contribution in [2.24, 2.45) is 0 Å². The molecule has 1 aromatic carbocycles. The van der Waals surface area contributed by atoms with Crippen molar-refractivity contribution in [3.63, 3.8) is 0 Å². The summed E-state index contributed by atoms with van der Waals surface area (Å²) in [7, 11) is 0. The van der Waals surface area contributed by atoms with Gasteiger partial charge in [-0.3, -0.25) is 4.79 Å². The Morgan fingerprint density at radius 3 is 2.68 bits per heavy atom. The Hall–Kier alpha value is -1.07. The van der Waals surface area contributed by atoms with E-state index in [1.54, 1.807) is 0 Å². The molecule has 3 nitrogen and oxygen atoms in total. The molecule has 0 radical (unpaired) electrons. The van der Waals surface area contributed by atoms with Gasteiger partial charge in [0.1, 0.15) is 5.69 Å². The van der Waals surface area contributed by atoms with E-state index in [4.69, 9.17) is 0 Å². The molecular weight excluding hydrogens is 372 g/mol. The highest BCUT2D eigenvalue weighted by Crippen LogP contribution is 2.22. The van der Waals surface area contributed by atoms with Crippen LogP contribution in [-0.2, 0) is 6.54 Å². The van der Waals surface area contributed by atoms with Gasteiger partial charge in [0.05, 0.1) is 0 Å². The molecule has 1 heterocycles. The van der Waals surface area contributed by atoms with Gasteiger partial charge in [-0.15, -0.1) is 0 Å². The summed E-state index contributed by atoms with van der Waals surface area (Å²) < 4.78 is 3.80. The standard InChI is InChI=1S/C14H14Br2N2O/c1-3-18-8-10(15)6-13(18)14(19)17-11-5-4-9(2)12(16)7-11/h4-8H,3H2,1-2H3,(H,17,19). The molecule has 0 spiro atoms. The second-order valence-corrected chi connectivity index (χ2v) is 6.02. The van der Waals surface area contributed by atoms with Gasteiger partial charge < -0.3 is 9.88 Å². The average molecular weight is 386 g/mol. The number of nitrogens with zero attached hydrogens (tertiary/aromatic N) is 1. The van der Waals surface area contributed by atoms with Crippen molar-refractivity contribution in [2.45, 2.75) is 20.4 Å². The monoisotopic (exact) mass is 384 g/mol. The van der Waals surface area contributed by atoms with Crippen LogP contribution < -0.4 is 5.32 Å². The predicted molar refractivity (Wildman–Crippen MR) is 84.6 cm³/mol. The van der Waals surface area contributed by atoms with E-state index < -0.39 is 0 Å². The highest BCUT2D eigenvalue weighted by atomic mass is 79.9. The SMILES string of the molecule is CCn1cc(Br)cc1C(=O)Nc1ccc(C)c(Br)c1. The molecule has 1 aromatic heterocycles. The van der Waals surface area contributed by atoms with Crippen molar-refractivity contribution in [3.05, 3.63) is 50.7 Å². The fraction of sp³-hybridized carbons (Fsp3) is 0.214. The van der Waals surface area contributed by atoms with Crippen molar-refractivity contribution < 1.29 is 4.79 Å². The van der Waals surface area contributed by atoms with E-state index in [1.165, 1.54) is 0 Å². The maximum Gasteiger partial charge on any atom is 0.272 e. The summed E-state index contributed by atoms with van der Waals surface area (Å²) in [6.07, 6.45) is 1.90. The van der Waals surface area contributed by atoms with Gasteiger partial charge in [0.25, 0.3) is 5.91 Å². The summed E-state index contributed by atoms with van der Waals surface area (Å²) >= 11 is 6.85. The van der Waals surface area contributed by atoms with Crippen LogP contribution in [0, 0.1) is 6.92 Å². The summed E-state index contributed by atoms with van der Waals surface area (Å²) in [5.74, 6) is -0.108. The van der Waals surface area contributed by atoms with Gasteiger partial charge >= 0.3 is 0 Å². The number of carbonyl (C=O) groups is 1. The normalized spacial score (nSPS) is 10.5. The Balaban J connectivity index is 2.22. The number of aryl methyl sites for hydroxylation is 2. The molecule has 19 heavy (non-hydrogen) atoms. The van der Waals surface area contributed by atoms with E-state index >= 15 is 0 Å². The number of hydrogen-bond acceptors (Lipinski definition) is 1. The topological polar surface area (TPSA) is 34.0 Å². The summed E-state index contributed by atoms with van der Waals surface area (Å²) in [6.45, 7) is 4.77. The fourth-order valence-corrected chi connectivity index (χ4v) is 2.64. The van der Waals surface area contributed by atoms with Crippen LogP contribution >= 0.6 is 31.9 Å². The highest BCUT2D eigenvalue weighted by molar-refractivity contribution is 9.10. The van der Waals surface area contributed by atoms with Crippen LogP contribution in [-0.4, -0.2) is 10.5 Å². The summed E-state index contributed by atoms with van der Waals surface area (Å²) in [5, 5.41) is 2.90. The smallest absolute Gasteiger partial charge is 0.272 e. The van der Waals surface area contributed by atoms with Crippen LogP contribution in [0.1, 0.15) is 23.0 Å². The Morgan fingerprint density at radius 2 is 2.05 bits per heavy atom. The maximum atomic E-state index is 12.2. The molecule has 1 amide bonds. The molecule has 0 aliphatic heterocycles. The van der Waals surface area contributed by atoms with E-state index in [0.717, 1.165) is 26.7 Å². The lowest BCUT2D eigenvalue weighted by molar-refractivity contribution is 0.101. The number of hydrogen-bond donors (Lipinski definition) is 1. The van der Waals surface area contributed by atoms with Gasteiger partial charge in [-0.05, 0) is 53.5 Å². The molecule has 0 aliphatic carbocycles. The van der Waals surface area contributed by atoms with Crippen LogP contribution in [0.15, 0.2) is 39.4 Å². The summed E-state index contributed by atoms with van der Waals surface area (Å²) in [6, 6.07) is 7.59. The molecule has 0 unspecified atom stereocenters. The van der Waals surface area contributed by atoms with Crippen LogP contribution in [0.3, 0.4) is 0 Å². The van der Waals surface area contributed by atoms with Crippen molar-refractivity contribution in [1.29, 1.82) is 0 Å². The van der Waals surface area contributed by atoms with Crippen molar-refractivity contribution in [1.82, 2.24) is 4.57 Å². The quantitative estimate of drug-likeness (QED) is 0.823. The van der Waals surface area contributed by atoms with E-state index in [1.807, 2.05) is 48.9 Å². The summed E-state index contributed by atoms with van der Waals surface area (Å²) in [4.78, 5) is 12.2. The number of benzene rings is 1. The van der Waals surface area contributed by atoms with Crippen LogP contribution in [0.4, 0.5) is 5.69 Å². The zero-order chi connectivity index (χ0) is 14.0. The number of rotatable bonds is 3. The third-order valence-electron chi connectivity index (χ3n) is 2.87. The molecule has 5 heteroatoms. The largest absolute Gasteiger partial charge is 0.343 e. The highest BCUT2D eigenvalue weighted by Gasteiger charge is 2.12. The van der Waals surface area contributed by atoms with Crippen molar-refractivity contribution in [3.8, 4) is 0 Å². The Kier molecular flexibility index (Phi) is 4.47. The fourth-order valence-electron chi connectivity index (χ4n) is 1.79. The number of carbonyl (C=O) groups excluding carboxylic acids is 1. The van der Waals surface area contributed by atoms with Crippen molar-refractivity contribution >= 4 is 43.5 Å². The molecule has 0 fully saturated rings. The number of nitrogens with one attached hydrogen (secondary N) is 1. The second kappa shape index (κ2) is 5.92. The molecule has 0 atom stereocenters. The third-order valence-corrected chi connectivity index (χ3v) is 4.15. The molecule has 0 aliphatic rings. The molecule has 100 valence electrons. The Labute approximate surface area is 129 Å². The Bertz CT molecular complexity index is 620. The molecule has 0 saturated carbocycles. The Morgan fingerprint density at radius 1 is 1.32 bits per heavy atom. The third kappa shape index (κ3) is 3.28. The molecule has 1 N–H and O–H groups in total. The molecule has 0 bridgehead atoms. The average Bonchev–Trinajstić information content (AvgIpc) is 2.75. The van der Waals surface area contributed by atoms with E-state index in [9.17, 15) is 4.79 Å². The van der Waals surface area contributed by atoms with Gasteiger partial charge in [0.2, 0.25) is 0 Å².